The van der Waals surface area contributed by atoms with E-state index in [0.717, 1.165) is 0 Å². The monoisotopic (exact) mass is 472 g/mol. The van der Waals surface area contributed by atoms with E-state index in [1.54, 1.807) is 11.1 Å². The molecular formula is C29H34Zr. The van der Waals surface area contributed by atoms with Crippen LogP contribution in [-0.4, -0.2) is 3.21 Å². The molecule has 0 spiro atoms. The number of hydrogen-bond acceptors (Lipinski definition) is 0. The maximum atomic E-state index is 2.59. The summed E-state index contributed by atoms with van der Waals surface area (Å²) in [6, 6.07) is 14.8. The average Bonchev–Trinajstić information content (AvgIpc) is 3.26. The molecule has 30 heavy (non-hydrogen) atoms. The summed E-state index contributed by atoms with van der Waals surface area (Å²) in [5.74, 6) is 0. The van der Waals surface area contributed by atoms with Gasteiger partial charge in [0, 0.05) is 0 Å². The zero-order valence-electron chi connectivity index (χ0n) is 19.4. The van der Waals surface area contributed by atoms with Gasteiger partial charge in [0.05, 0.1) is 0 Å². The van der Waals surface area contributed by atoms with Crippen LogP contribution in [0.25, 0.3) is 11.1 Å². The van der Waals surface area contributed by atoms with E-state index in [1.807, 2.05) is 6.49 Å². The van der Waals surface area contributed by atoms with Crippen molar-refractivity contribution in [3.8, 4) is 11.1 Å². The van der Waals surface area contributed by atoms with Gasteiger partial charge in [-0.25, -0.2) is 0 Å². The van der Waals surface area contributed by atoms with Gasteiger partial charge in [0.2, 0.25) is 0 Å². The fourth-order valence-electron chi connectivity index (χ4n) is 5.10. The Morgan fingerprint density at radius 1 is 0.767 bits per heavy atom. The number of hydrogen-bond donors (Lipinski definition) is 0. The Kier molecular flexibility index (Phi) is 4.87. The average molecular weight is 474 g/mol. The zero-order valence-corrected chi connectivity index (χ0v) is 21.9. The first kappa shape index (κ1) is 20.6. The summed E-state index contributed by atoms with van der Waals surface area (Å²) in [5.41, 5.74) is 9.65. The van der Waals surface area contributed by atoms with Crippen LogP contribution in [0.15, 0.2) is 57.9 Å². The second-order valence-electron chi connectivity index (χ2n) is 11.4. The van der Waals surface area contributed by atoms with Crippen LogP contribution in [-0.2, 0) is 32.1 Å². The van der Waals surface area contributed by atoms with Crippen LogP contribution < -0.4 is 0 Å². The molecule has 154 valence electrons. The molecule has 3 aliphatic rings. The molecule has 3 aliphatic carbocycles. The van der Waals surface area contributed by atoms with Gasteiger partial charge in [-0.05, 0) is 0 Å². The number of allylic oxidation sites excluding steroid dienone is 4. The Hall–Kier alpha value is -1.33. The molecule has 0 amide bonds. The van der Waals surface area contributed by atoms with Crippen molar-refractivity contribution in [3.05, 3.63) is 80.2 Å². The van der Waals surface area contributed by atoms with Gasteiger partial charge >= 0.3 is 191 Å². The van der Waals surface area contributed by atoms with Crippen LogP contribution in [0.2, 0.25) is 0 Å². The zero-order chi connectivity index (χ0) is 21.3. The van der Waals surface area contributed by atoms with Crippen LogP contribution >= 0.6 is 0 Å². The molecule has 1 heteroatoms. The fourth-order valence-corrected chi connectivity index (χ4v) is 14.0. The van der Waals surface area contributed by atoms with Crippen molar-refractivity contribution in [2.75, 3.05) is 0 Å². The van der Waals surface area contributed by atoms with Crippen LogP contribution in [0.4, 0.5) is 0 Å². The van der Waals surface area contributed by atoms with Crippen molar-refractivity contribution in [2.24, 2.45) is 0 Å². The first-order chi connectivity index (χ1) is 14.1. The molecule has 0 radical (unpaired) electrons. The topological polar surface area (TPSA) is 0 Å². The third kappa shape index (κ3) is 3.52. The summed E-state index contributed by atoms with van der Waals surface area (Å²) in [5, 5.41) is 0. The van der Waals surface area contributed by atoms with E-state index in [-0.39, 0.29) is 10.8 Å². The van der Waals surface area contributed by atoms with Crippen molar-refractivity contribution in [1.82, 2.24) is 0 Å². The molecule has 1 saturated carbocycles. The third-order valence-electron chi connectivity index (χ3n) is 7.03. The molecule has 0 bridgehead atoms. The van der Waals surface area contributed by atoms with Crippen LogP contribution in [0.1, 0.15) is 86.7 Å². The van der Waals surface area contributed by atoms with Crippen LogP contribution in [0.5, 0.6) is 0 Å². The molecule has 0 atom stereocenters. The van der Waals surface area contributed by atoms with Crippen LogP contribution in [0.3, 0.4) is 0 Å². The molecule has 0 saturated heterocycles. The summed E-state index contributed by atoms with van der Waals surface area (Å²) in [6.07, 6.45) is 11.2. The summed E-state index contributed by atoms with van der Waals surface area (Å²) < 4.78 is 4.43. The van der Waals surface area contributed by atoms with E-state index >= 15 is 0 Å². The summed E-state index contributed by atoms with van der Waals surface area (Å²) in [6.45, 7) is 14.1. The molecule has 0 heterocycles. The van der Waals surface area contributed by atoms with Gasteiger partial charge in [0.1, 0.15) is 0 Å². The van der Waals surface area contributed by atoms with Crippen molar-refractivity contribution in [1.29, 1.82) is 0 Å². The van der Waals surface area contributed by atoms with Gasteiger partial charge in [-0.1, -0.05) is 0 Å². The van der Waals surface area contributed by atoms with E-state index in [9.17, 15) is 0 Å². The minimum absolute atomic E-state index is 0.190. The van der Waals surface area contributed by atoms with Crippen molar-refractivity contribution in [2.45, 2.75) is 75.3 Å². The van der Waals surface area contributed by atoms with E-state index in [4.69, 9.17) is 0 Å². The standard InChI is InChI=1S/C21H25.C5H5.C3H4.Zr/c1-20(2,3)16-7-9-18-14(12-16)11-15-13-17(21(4,5)6)8-10-19(15)18;1-2-4-5-3-1;1-2-3-1;/h7-13H,1-6H3;1-3H,4H2;1-2H2;. The molecule has 0 N–H and O–H groups in total. The van der Waals surface area contributed by atoms with E-state index in [0.29, 0.717) is 3.63 Å². The number of rotatable bonds is 2. The molecule has 0 aromatic heterocycles. The summed E-state index contributed by atoms with van der Waals surface area (Å²) in [7, 11) is 0. The SMILES string of the molecule is CC(C)(C)c1ccc2c(c1)[CH]([Zr]([C]1=CC=CC1)=[C]1CC1)c1cc(C(C)(C)C)ccc1-2. The molecule has 1 fully saturated rings. The number of fused-ring (bicyclic) bond motifs is 3. The fraction of sp³-hybridized carbons (Fsp3) is 0.414. The Balaban J connectivity index is 1.76. The van der Waals surface area contributed by atoms with Crippen molar-refractivity contribution >= 4 is 3.21 Å². The Morgan fingerprint density at radius 3 is 1.70 bits per heavy atom. The van der Waals surface area contributed by atoms with Crippen molar-refractivity contribution in [3.63, 3.8) is 0 Å². The van der Waals surface area contributed by atoms with Gasteiger partial charge in [0.15, 0.2) is 0 Å². The van der Waals surface area contributed by atoms with Crippen molar-refractivity contribution < 1.29 is 21.3 Å². The van der Waals surface area contributed by atoms with Gasteiger partial charge < -0.3 is 0 Å². The molecule has 2 aromatic carbocycles. The van der Waals surface area contributed by atoms with Gasteiger partial charge in [-0.2, -0.15) is 0 Å². The second-order valence-corrected chi connectivity index (χ2v) is 18.1. The van der Waals surface area contributed by atoms with Gasteiger partial charge in [-0.15, -0.1) is 0 Å². The first-order valence-corrected chi connectivity index (χ1v) is 15.4. The van der Waals surface area contributed by atoms with E-state index in [2.05, 4.69) is 96.2 Å². The molecule has 2 aromatic rings. The number of benzene rings is 2. The summed E-state index contributed by atoms with van der Waals surface area (Å²) >= 11 is -1.95. The molecule has 5 rings (SSSR count). The second kappa shape index (κ2) is 7.10. The van der Waals surface area contributed by atoms with Crippen LogP contribution in [0, 0.1) is 0 Å². The van der Waals surface area contributed by atoms with Gasteiger partial charge in [0.25, 0.3) is 0 Å². The first-order valence-electron chi connectivity index (χ1n) is 11.5. The summed E-state index contributed by atoms with van der Waals surface area (Å²) in [4.78, 5) is 0. The minimum atomic E-state index is -1.95. The predicted octanol–water partition coefficient (Wildman–Crippen LogP) is 7.78. The predicted molar refractivity (Wildman–Crippen MR) is 127 cm³/mol. The van der Waals surface area contributed by atoms with Gasteiger partial charge in [-0.3, -0.25) is 0 Å². The van der Waals surface area contributed by atoms with E-state index in [1.165, 1.54) is 41.5 Å². The van der Waals surface area contributed by atoms with E-state index < -0.39 is 21.3 Å². The Morgan fingerprint density at radius 2 is 1.30 bits per heavy atom. The third-order valence-corrected chi connectivity index (χ3v) is 15.7. The normalized spacial score (nSPS) is 17.8. The quantitative estimate of drug-likeness (QED) is 0.418. The molecule has 0 nitrogen and oxygen atoms in total. The Bertz CT molecular complexity index is 1060. The molecule has 0 aliphatic heterocycles. The maximum absolute atomic E-state index is 2.59. The Labute approximate surface area is 190 Å². The molecule has 0 unspecified atom stereocenters. The molecular weight excluding hydrogens is 440 g/mol.